The lowest BCUT2D eigenvalue weighted by Gasteiger charge is -2.21. The van der Waals surface area contributed by atoms with Crippen molar-refractivity contribution >= 4 is 5.82 Å². The SMILES string of the molecule is COc1cc(-n2nc(C#Cc3ccc(N)nc3)c3c2C[C@H](C)OC3)ccc1F. The highest BCUT2D eigenvalue weighted by atomic mass is 19.1. The second kappa shape index (κ2) is 7.33. The largest absolute Gasteiger partial charge is 0.494 e. The van der Waals surface area contributed by atoms with Gasteiger partial charge in [0.05, 0.1) is 31.2 Å². The first-order valence-electron chi connectivity index (χ1n) is 8.85. The number of rotatable bonds is 2. The molecule has 1 aliphatic rings. The molecule has 0 spiro atoms. The zero-order valence-electron chi connectivity index (χ0n) is 15.6. The molecule has 0 bridgehead atoms. The molecule has 6 nitrogen and oxygen atoms in total. The lowest BCUT2D eigenvalue weighted by atomic mass is 10.1. The van der Waals surface area contributed by atoms with Crippen molar-refractivity contribution in [2.45, 2.75) is 26.1 Å². The third kappa shape index (κ3) is 3.42. The van der Waals surface area contributed by atoms with Gasteiger partial charge >= 0.3 is 0 Å². The van der Waals surface area contributed by atoms with Crippen LogP contribution in [0.15, 0.2) is 36.5 Å². The molecule has 1 aromatic carbocycles. The van der Waals surface area contributed by atoms with Crippen molar-refractivity contribution < 1.29 is 13.9 Å². The maximum atomic E-state index is 13.8. The van der Waals surface area contributed by atoms with Crippen LogP contribution in [0.3, 0.4) is 0 Å². The maximum absolute atomic E-state index is 13.8. The number of hydrogen-bond donors (Lipinski definition) is 1. The van der Waals surface area contributed by atoms with E-state index in [0.717, 1.165) is 16.8 Å². The number of fused-ring (bicyclic) bond motifs is 1. The van der Waals surface area contributed by atoms with Crippen LogP contribution in [0.25, 0.3) is 5.69 Å². The van der Waals surface area contributed by atoms with Crippen molar-refractivity contribution in [3.63, 3.8) is 0 Å². The van der Waals surface area contributed by atoms with E-state index in [4.69, 9.17) is 15.2 Å². The molecule has 3 aromatic rings. The molecule has 0 unspecified atom stereocenters. The summed E-state index contributed by atoms with van der Waals surface area (Å²) in [5.41, 5.74) is 9.64. The highest BCUT2D eigenvalue weighted by Gasteiger charge is 2.25. The standard InChI is InChI=1S/C21H19FN4O2/c1-13-9-19-16(12-28-13)18(7-3-14-4-8-21(23)24-11-14)25-26(19)15-5-6-17(22)20(10-15)27-2/h4-6,8,10-11,13H,9,12H2,1-2H3,(H2,23,24)/t13-/m0/s1. The lowest BCUT2D eigenvalue weighted by Crippen LogP contribution is -2.21. The van der Waals surface area contributed by atoms with Gasteiger partial charge in [0.2, 0.25) is 0 Å². The molecule has 0 saturated carbocycles. The van der Waals surface area contributed by atoms with Gasteiger partial charge in [0.1, 0.15) is 11.5 Å². The fourth-order valence-electron chi connectivity index (χ4n) is 3.11. The topological polar surface area (TPSA) is 75.2 Å². The normalized spacial score (nSPS) is 15.5. The van der Waals surface area contributed by atoms with Crippen molar-refractivity contribution in [3.05, 3.63) is 64.9 Å². The Labute approximate surface area is 162 Å². The van der Waals surface area contributed by atoms with Crippen molar-refractivity contribution in [3.8, 4) is 23.3 Å². The minimum absolute atomic E-state index is 0.0624. The second-order valence-electron chi connectivity index (χ2n) is 6.55. The van der Waals surface area contributed by atoms with Crippen LogP contribution in [0.2, 0.25) is 0 Å². The molecule has 0 aliphatic carbocycles. The van der Waals surface area contributed by atoms with E-state index in [9.17, 15) is 4.39 Å². The molecular formula is C21H19FN4O2. The Morgan fingerprint density at radius 2 is 2.14 bits per heavy atom. The highest BCUT2D eigenvalue weighted by molar-refractivity contribution is 5.49. The van der Waals surface area contributed by atoms with E-state index in [1.807, 2.05) is 13.0 Å². The van der Waals surface area contributed by atoms with Crippen LogP contribution in [-0.4, -0.2) is 28.0 Å². The van der Waals surface area contributed by atoms with Crippen LogP contribution in [0, 0.1) is 17.7 Å². The predicted octanol–water partition coefficient (Wildman–Crippen LogP) is 2.86. The molecule has 0 fully saturated rings. The van der Waals surface area contributed by atoms with Gasteiger partial charge in [-0.15, -0.1) is 0 Å². The number of nitrogens with two attached hydrogens (primary N) is 1. The number of benzene rings is 1. The predicted molar refractivity (Wildman–Crippen MR) is 103 cm³/mol. The van der Waals surface area contributed by atoms with Gasteiger partial charge in [0.25, 0.3) is 0 Å². The second-order valence-corrected chi connectivity index (χ2v) is 6.55. The minimum atomic E-state index is -0.417. The summed E-state index contributed by atoms with van der Waals surface area (Å²) in [5, 5.41) is 4.67. The van der Waals surface area contributed by atoms with Crippen LogP contribution in [-0.2, 0) is 17.8 Å². The summed E-state index contributed by atoms with van der Waals surface area (Å²) in [4.78, 5) is 4.04. The number of aromatic nitrogens is 3. The van der Waals surface area contributed by atoms with Gasteiger partial charge in [-0.05, 0) is 37.1 Å². The summed E-state index contributed by atoms with van der Waals surface area (Å²) in [6.45, 7) is 2.44. The van der Waals surface area contributed by atoms with Crippen LogP contribution in [0.4, 0.5) is 10.2 Å². The number of methoxy groups -OCH3 is 1. The third-order valence-electron chi connectivity index (χ3n) is 4.57. The first kappa shape index (κ1) is 18.0. The fraction of sp³-hybridized carbons (Fsp3) is 0.238. The highest BCUT2D eigenvalue weighted by Crippen LogP contribution is 2.28. The van der Waals surface area contributed by atoms with Crippen LogP contribution < -0.4 is 10.5 Å². The van der Waals surface area contributed by atoms with E-state index in [1.54, 1.807) is 29.1 Å². The van der Waals surface area contributed by atoms with Crippen molar-refractivity contribution in [1.82, 2.24) is 14.8 Å². The smallest absolute Gasteiger partial charge is 0.165 e. The Bertz CT molecular complexity index is 1080. The minimum Gasteiger partial charge on any atom is -0.494 e. The lowest BCUT2D eigenvalue weighted by molar-refractivity contribution is 0.0397. The molecule has 1 atom stereocenters. The molecule has 2 N–H and O–H groups in total. The van der Waals surface area contributed by atoms with Gasteiger partial charge in [0, 0.05) is 29.8 Å². The van der Waals surface area contributed by atoms with E-state index in [0.29, 0.717) is 30.2 Å². The number of pyridine rings is 1. The zero-order chi connectivity index (χ0) is 19.7. The van der Waals surface area contributed by atoms with Crippen LogP contribution in [0.1, 0.15) is 29.4 Å². The molecular weight excluding hydrogens is 359 g/mol. The van der Waals surface area contributed by atoms with E-state index >= 15 is 0 Å². The number of nitrogens with zero attached hydrogens (tertiary/aromatic N) is 3. The average molecular weight is 378 g/mol. The number of halogens is 1. The Morgan fingerprint density at radius 1 is 1.29 bits per heavy atom. The Kier molecular flexibility index (Phi) is 4.72. The monoisotopic (exact) mass is 378 g/mol. The molecule has 0 saturated heterocycles. The molecule has 1 aliphatic heterocycles. The van der Waals surface area contributed by atoms with Gasteiger partial charge < -0.3 is 15.2 Å². The summed E-state index contributed by atoms with van der Waals surface area (Å²) in [5.74, 6) is 6.36. The summed E-state index contributed by atoms with van der Waals surface area (Å²) in [7, 11) is 1.44. The molecule has 0 radical (unpaired) electrons. The molecule has 4 rings (SSSR count). The Balaban J connectivity index is 1.79. The molecule has 142 valence electrons. The number of anilines is 1. The first-order valence-corrected chi connectivity index (χ1v) is 8.85. The molecule has 7 heteroatoms. The molecule has 0 amide bonds. The van der Waals surface area contributed by atoms with Gasteiger partial charge in [-0.3, -0.25) is 0 Å². The zero-order valence-corrected chi connectivity index (χ0v) is 15.6. The van der Waals surface area contributed by atoms with Gasteiger partial charge in [-0.25, -0.2) is 14.1 Å². The van der Waals surface area contributed by atoms with E-state index in [2.05, 4.69) is 21.9 Å². The summed E-state index contributed by atoms with van der Waals surface area (Å²) in [6, 6.07) is 8.18. The first-order chi connectivity index (χ1) is 13.5. The number of ether oxygens (including phenoxy) is 2. The Hall–Kier alpha value is -3.37. The van der Waals surface area contributed by atoms with Crippen molar-refractivity contribution in [1.29, 1.82) is 0 Å². The fourth-order valence-corrected chi connectivity index (χ4v) is 3.11. The summed E-state index contributed by atoms with van der Waals surface area (Å²) < 4.78 is 26.5. The van der Waals surface area contributed by atoms with Crippen molar-refractivity contribution in [2.24, 2.45) is 0 Å². The van der Waals surface area contributed by atoms with Crippen LogP contribution in [0.5, 0.6) is 5.75 Å². The average Bonchev–Trinajstić information content (AvgIpc) is 3.05. The van der Waals surface area contributed by atoms with Gasteiger partial charge in [-0.2, -0.15) is 5.10 Å². The molecule has 3 heterocycles. The summed E-state index contributed by atoms with van der Waals surface area (Å²) in [6.07, 6.45) is 2.37. The van der Waals surface area contributed by atoms with Crippen molar-refractivity contribution in [2.75, 3.05) is 12.8 Å². The van der Waals surface area contributed by atoms with Crippen LogP contribution >= 0.6 is 0 Å². The molecule has 2 aromatic heterocycles. The third-order valence-corrected chi connectivity index (χ3v) is 4.57. The molecule has 28 heavy (non-hydrogen) atoms. The van der Waals surface area contributed by atoms with Gasteiger partial charge in [0.15, 0.2) is 11.6 Å². The quantitative estimate of drug-likeness (QED) is 0.694. The summed E-state index contributed by atoms with van der Waals surface area (Å²) >= 11 is 0. The van der Waals surface area contributed by atoms with E-state index in [1.165, 1.54) is 13.2 Å². The van der Waals surface area contributed by atoms with E-state index in [-0.39, 0.29) is 11.9 Å². The maximum Gasteiger partial charge on any atom is 0.165 e. The Morgan fingerprint density at radius 3 is 2.89 bits per heavy atom. The number of nitrogen functional groups attached to an aromatic ring is 1. The van der Waals surface area contributed by atoms with Gasteiger partial charge in [-0.1, -0.05) is 5.92 Å². The van der Waals surface area contributed by atoms with E-state index < -0.39 is 5.82 Å². The number of hydrogen-bond acceptors (Lipinski definition) is 5.